The molecule has 0 aliphatic heterocycles. The first kappa shape index (κ1) is 13.4. The molecule has 2 aromatic rings. The third-order valence-corrected chi connectivity index (χ3v) is 3.13. The lowest BCUT2D eigenvalue weighted by atomic mass is 10.00. The van der Waals surface area contributed by atoms with Crippen molar-refractivity contribution in [2.45, 2.75) is 26.4 Å². The molecule has 0 aromatic heterocycles. The molecule has 0 saturated carbocycles. The fourth-order valence-electron chi connectivity index (χ4n) is 2.03. The smallest absolute Gasteiger partial charge is 0.123 e. The second-order valence-corrected chi connectivity index (χ2v) is 4.94. The van der Waals surface area contributed by atoms with Crippen molar-refractivity contribution in [3.05, 3.63) is 47.5 Å². The van der Waals surface area contributed by atoms with E-state index in [2.05, 4.69) is 0 Å². The number of fused-ring (bicyclic) bond motifs is 1. The van der Waals surface area contributed by atoms with Crippen LogP contribution in [0, 0.1) is 0 Å². The van der Waals surface area contributed by atoms with E-state index in [4.69, 9.17) is 0 Å². The van der Waals surface area contributed by atoms with Crippen molar-refractivity contribution in [3.8, 4) is 11.5 Å². The van der Waals surface area contributed by atoms with Gasteiger partial charge in [0.15, 0.2) is 0 Å². The molecule has 0 fully saturated rings. The Balaban J connectivity index is 2.41. The molecule has 0 unspecified atom stereocenters. The fourth-order valence-corrected chi connectivity index (χ4v) is 2.03. The summed E-state index contributed by atoms with van der Waals surface area (Å²) in [5, 5.41) is 30.8. The predicted molar refractivity (Wildman–Crippen MR) is 76.3 cm³/mol. The maximum absolute atomic E-state index is 10.1. The molecule has 0 aliphatic rings. The van der Waals surface area contributed by atoms with Gasteiger partial charge in [-0.2, -0.15) is 0 Å². The Bertz CT molecular complexity index is 625. The van der Waals surface area contributed by atoms with Gasteiger partial charge in [-0.25, -0.2) is 0 Å². The number of phenols is 2. The first-order chi connectivity index (χ1) is 8.99. The number of benzene rings is 2. The summed E-state index contributed by atoms with van der Waals surface area (Å²) < 4.78 is 0. The summed E-state index contributed by atoms with van der Waals surface area (Å²) in [5.74, 6) is 0.224. The standard InChI is InChI=1S/C16H18O3/c1-10(2)3-6-14(17)11-4-5-12-13(9-11)16(19)8-7-15(12)18/h3-5,7-9,14,17-19H,6H2,1-2H3/t14-/m1/s1. The summed E-state index contributed by atoms with van der Waals surface area (Å²) in [6.07, 6.45) is 1.89. The SMILES string of the molecule is CC(C)=CC[C@@H](O)c1ccc2c(O)ccc(O)c2c1. The molecule has 3 N–H and O–H groups in total. The highest BCUT2D eigenvalue weighted by molar-refractivity contribution is 5.93. The Hall–Kier alpha value is -2.00. The number of allylic oxidation sites excluding steroid dienone is 1. The zero-order valence-corrected chi connectivity index (χ0v) is 11.1. The molecule has 3 nitrogen and oxygen atoms in total. The predicted octanol–water partition coefficient (Wildman–Crippen LogP) is 3.64. The van der Waals surface area contributed by atoms with Crippen LogP contribution in [0.25, 0.3) is 10.8 Å². The van der Waals surface area contributed by atoms with E-state index in [1.54, 1.807) is 18.2 Å². The van der Waals surface area contributed by atoms with Gasteiger partial charge >= 0.3 is 0 Å². The second-order valence-electron chi connectivity index (χ2n) is 4.94. The normalized spacial score (nSPS) is 12.4. The zero-order chi connectivity index (χ0) is 14.0. The Morgan fingerprint density at radius 2 is 1.68 bits per heavy atom. The van der Waals surface area contributed by atoms with Gasteiger partial charge in [-0.3, -0.25) is 0 Å². The fraction of sp³-hybridized carbons (Fsp3) is 0.250. The van der Waals surface area contributed by atoms with Gasteiger partial charge in [0.1, 0.15) is 11.5 Å². The van der Waals surface area contributed by atoms with Gasteiger partial charge < -0.3 is 15.3 Å². The average molecular weight is 258 g/mol. The molecule has 100 valence electrons. The number of hydrogen-bond acceptors (Lipinski definition) is 3. The zero-order valence-electron chi connectivity index (χ0n) is 11.1. The molecule has 19 heavy (non-hydrogen) atoms. The van der Waals surface area contributed by atoms with Crippen LogP contribution in [0.3, 0.4) is 0 Å². The minimum atomic E-state index is -0.610. The van der Waals surface area contributed by atoms with Gasteiger partial charge in [0.05, 0.1) is 6.10 Å². The minimum Gasteiger partial charge on any atom is -0.507 e. The first-order valence-electron chi connectivity index (χ1n) is 6.25. The number of hydrogen-bond donors (Lipinski definition) is 3. The highest BCUT2D eigenvalue weighted by Gasteiger charge is 2.10. The molecule has 3 heteroatoms. The molecule has 0 saturated heterocycles. The minimum absolute atomic E-state index is 0.101. The third kappa shape index (κ3) is 2.88. The third-order valence-electron chi connectivity index (χ3n) is 3.13. The number of aromatic hydroxyl groups is 2. The number of aliphatic hydroxyl groups is 1. The van der Waals surface area contributed by atoms with E-state index < -0.39 is 6.10 Å². The van der Waals surface area contributed by atoms with Crippen LogP contribution in [0.5, 0.6) is 11.5 Å². The van der Waals surface area contributed by atoms with Gasteiger partial charge in [0.2, 0.25) is 0 Å². The lowest BCUT2D eigenvalue weighted by Gasteiger charge is -2.11. The second kappa shape index (κ2) is 5.33. The molecule has 0 bridgehead atoms. The van der Waals surface area contributed by atoms with E-state index in [1.165, 1.54) is 12.1 Å². The number of rotatable bonds is 3. The maximum atomic E-state index is 10.1. The number of phenolic OH excluding ortho intramolecular Hbond substituents is 2. The topological polar surface area (TPSA) is 60.7 Å². The van der Waals surface area contributed by atoms with Crippen LogP contribution in [0.15, 0.2) is 42.0 Å². The molecule has 0 spiro atoms. The Morgan fingerprint density at radius 3 is 2.32 bits per heavy atom. The van der Waals surface area contributed by atoms with E-state index in [0.29, 0.717) is 17.2 Å². The summed E-state index contributed by atoms with van der Waals surface area (Å²) in [4.78, 5) is 0. The van der Waals surface area contributed by atoms with Crippen molar-refractivity contribution >= 4 is 10.8 Å². The van der Waals surface area contributed by atoms with Crippen molar-refractivity contribution in [3.63, 3.8) is 0 Å². The van der Waals surface area contributed by atoms with Crippen molar-refractivity contribution in [2.24, 2.45) is 0 Å². The van der Waals surface area contributed by atoms with Gasteiger partial charge in [0, 0.05) is 10.8 Å². The van der Waals surface area contributed by atoms with Crippen LogP contribution in [0.1, 0.15) is 31.9 Å². The van der Waals surface area contributed by atoms with Gasteiger partial charge in [-0.1, -0.05) is 23.8 Å². The van der Waals surface area contributed by atoms with E-state index in [0.717, 1.165) is 11.1 Å². The largest absolute Gasteiger partial charge is 0.507 e. The molecule has 2 aromatic carbocycles. The summed E-state index contributed by atoms with van der Waals surface area (Å²) in [6, 6.07) is 8.10. The van der Waals surface area contributed by atoms with Crippen LogP contribution >= 0.6 is 0 Å². The molecule has 1 atom stereocenters. The lowest BCUT2D eigenvalue weighted by molar-refractivity contribution is 0.181. The molecular formula is C16H18O3. The summed E-state index contributed by atoms with van der Waals surface area (Å²) in [7, 11) is 0. The summed E-state index contributed by atoms with van der Waals surface area (Å²) >= 11 is 0. The molecular weight excluding hydrogens is 240 g/mol. The average Bonchev–Trinajstić information content (AvgIpc) is 2.40. The summed E-state index contributed by atoms with van der Waals surface area (Å²) in [5.41, 5.74) is 1.88. The Kier molecular flexibility index (Phi) is 3.76. The van der Waals surface area contributed by atoms with Crippen molar-refractivity contribution < 1.29 is 15.3 Å². The van der Waals surface area contributed by atoms with Gasteiger partial charge in [-0.05, 0) is 44.0 Å². The maximum Gasteiger partial charge on any atom is 0.123 e. The van der Waals surface area contributed by atoms with Crippen LogP contribution in [0.2, 0.25) is 0 Å². The lowest BCUT2D eigenvalue weighted by Crippen LogP contribution is -1.96. The quantitative estimate of drug-likeness (QED) is 0.582. The van der Waals surface area contributed by atoms with Gasteiger partial charge in [0.25, 0.3) is 0 Å². The van der Waals surface area contributed by atoms with Crippen molar-refractivity contribution in [1.29, 1.82) is 0 Å². The molecule has 0 radical (unpaired) electrons. The van der Waals surface area contributed by atoms with Gasteiger partial charge in [-0.15, -0.1) is 0 Å². The molecule has 0 heterocycles. The monoisotopic (exact) mass is 258 g/mol. The number of aliphatic hydroxyl groups excluding tert-OH is 1. The highest BCUT2D eigenvalue weighted by atomic mass is 16.3. The van der Waals surface area contributed by atoms with Crippen molar-refractivity contribution in [1.82, 2.24) is 0 Å². The van der Waals surface area contributed by atoms with E-state index in [1.807, 2.05) is 19.9 Å². The van der Waals surface area contributed by atoms with Crippen molar-refractivity contribution in [2.75, 3.05) is 0 Å². The van der Waals surface area contributed by atoms with E-state index in [9.17, 15) is 15.3 Å². The van der Waals surface area contributed by atoms with Crippen LogP contribution in [-0.2, 0) is 0 Å². The van der Waals surface area contributed by atoms with Crippen LogP contribution in [0.4, 0.5) is 0 Å². The molecule has 2 rings (SSSR count). The Morgan fingerprint density at radius 1 is 1.05 bits per heavy atom. The molecule has 0 aliphatic carbocycles. The van der Waals surface area contributed by atoms with E-state index in [-0.39, 0.29) is 11.5 Å². The summed E-state index contributed by atoms with van der Waals surface area (Å²) in [6.45, 7) is 3.97. The van der Waals surface area contributed by atoms with Crippen LogP contribution in [-0.4, -0.2) is 15.3 Å². The Labute approximate surface area is 112 Å². The molecule has 0 amide bonds. The van der Waals surface area contributed by atoms with Crippen LogP contribution < -0.4 is 0 Å². The first-order valence-corrected chi connectivity index (χ1v) is 6.25. The highest BCUT2D eigenvalue weighted by Crippen LogP contribution is 2.34. The van der Waals surface area contributed by atoms with E-state index >= 15 is 0 Å².